The Morgan fingerprint density at radius 3 is 2.40 bits per heavy atom. The van der Waals surface area contributed by atoms with E-state index in [1.165, 1.54) is 59.4 Å². The molecular weight excluding hydrogens is 714 g/mol. The van der Waals surface area contributed by atoms with E-state index in [0.717, 1.165) is 28.5 Å². The number of ether oxygens (including phenoxy) is 3. The lowest BCUT2D eigenvalue weighted by molar-refractivity contribution is -0.179. The van der Waals surface area contributed by atoms with E-state index in [9.17, 15) is 36.2 Å². The van der Waals surface area contributed by atoms with Crippen molar-refractivity contribution in [3.8, 4) is 5.75 Å². The van der Waals surface area contributed by atoms with Crippen molar-refractivity contribution in [1.29, 1.82) is 0 Å². The summed E-state index contributed by atoms with van der Waals surface area (Å²) in [5.41, 5.74) is -0.414. The number of fused-ring (bicyclic) bond motifs is 1. The van der Waals surface area contributed by atoms with Crippen LogP contribution >= 0.6 is 11.8 Å². The van der Waals surface area contributed by atoms with Gasteiger partial charge in [0.15, 0.2) is 12.9 Å². The summed E-state index contributed by atoms with van der Waals surface area (Å²) < 4.78 is 97.8. The van der Waals surface area contributed by atoms with Crippen LogP contribution in [0.1, 0.15) is 34.7 Å². The van der Waals surface area contributed by atoms with Crippen molar-refractivity contribution in [2.24, 2.45) is 0 Å². The second-order valence-electron chi connectivity index (χ2n) is 12.2. The summed E-state index contributed by atoms with van der Waals surface area (Å²) in [6.45, 7) is 0.666. The topological polar surface area (TPSA) is 108 Å². The number of alkyl halides is 4. The highest BCUT2D eigenvalue weighted by atomic mass is 32.2. The molecule has 2 unspecified atom stereocenters. The number of aliphatic hydroxyl groups is 1. The van der Waals surface area contributed by atoms with Gasteiger partial charge in [-0.1, -0.05) is 31.2 Å². The molecule has 1 amide bonds. The first-order valence-corrected chi connectivity index (χ1v) is 16.9. The number of benzene rings is 4. The monoisotopic (exact) mass is 746 g/mol. The maximum Gasteiger partial charge on any atom is 0.340 e. The second kappa shape index (κ2) is 15.5. The number of carbonyl (C=O) groups is 1. The Bertz CT molecular complexity index is 2000. The number of halogens is 6. The van der Waals surface area contributed by atoms with Crippen molar-refractivity contribution < 1.29 is 50.5 Å². The van der Waals surface area contributed by atoms with Gasteiger partial charge < -0.3 is 24.6 Å². The molecule has 0 aliphatic carbocycles. The highest BCUT2D eigenvalue weighted by Gasteiger charge is 2.42. The molecule has 9 nitrogen and oxygen atoms in total. The maximum atomic E-state index is 14.9. The van der Waals surface area contributed by atoms with Crippen molar-refractivity contribution in [3.05, 3.63) is 120 Å². The number of amides is 1. The van der Waals surface area contributed by atoms with Crippen LogP contribution in [0.2, 0.25) is 0 Å². The van der Waals surface area contributed by atoms with Crippen LogP contribution in [0.3, 0.4) is 0 Å². The van der Waals surface area contributed by atoms with Gasteiger partial charge in [-0.25, -0.2) is 27.2 Å². The molecule has 0 radical (unpaired) electrons. The van der Waals surface area contributed by atoms with E-state index in [4.69, 9.17) is 14.2 Å². The molecule has 274 valence electrons. The smallest absolute Gasteiger partial charge is 0.340 e. The molecule has 6 rings (SSSR count). The fourth-order valence-corrected chi connectivity index (χ4v) is 6.94. The van der Waals surface area contributed by atoms with Gasteiger partial charge in [-0.3, -0.25) is 4.79 Å². The van der Waals surface area contributed by atoms with Gasteiger partial charge in [0.25, 0.3) is 5.91 Å². The fourth-order valence-electron chi connectivity index (χ4n) is 5.62. The minimum Gasteiger partial charge on any atom is -0.487 e. The number of rotatable bonds is 13. The largest absolute Gasteiger partial charge is 0.487 e. The Kier molecular flexibility index (Phi) is 11.1. The van der Waals surface area contributed by atoms with Gasteiger partial charge in [0.1, 0.15) is 35.6 Å². The Labute approximate surface area is 297 Å². The first-order chi connectivity index (χ1) is 24.8. The molecule has 1 aliphatic rings. The van der Waals surface area contributed by atoms with Crippen molar-refractivity contribution in [2.45, 2.75) is 48.2 Å². The van der Waals surface area contributed by atoms with Crippen LogP contribution in [0.4, 0.5) is 32.0 Å². The lowest BCUT2D eigenvalue weighted by Crippen LogP contribution is -2.43. The van der Waals surface area contributed by atoms with Crippen LogP contribution < -0.4 is 10.1 Å². The summed E-state index contributed by atoms with van der Waals surface area (Å²) in [5, 5.41) is 19.3. The molecule has 52 heavy (non-hydrogen) atoms. The van der Waals surface area contributed by atoms with E-state index in [1.807, 2.05) is 18.2 Å². The molecule has 16 heteroatoms. The molecule has 0 spiro atoms. The highest BCUT2D eigenvalue weighted by Crippen LogP contribution is 2.40. The molecular formula is C36H32F6N4O5S. The van der Waals surface area contributed by atoms with Crippen LogP contribution in [-0.2, 0) is 21.6 Å². The standard InChI is InChI=1S/C36H32F6N4O5S/c1-21(35(48,17-46-20-43-19-44-46)30-11-6-26(37)14-31(30)38)52-29-15-49-33(50-16-29)25-5-3-22-12-24(4-2-23(22)13-25)32(47)45-27-7-9-28(10-8-27)51-18-36(41,42)34(39)40/h2-14,19-21,29,33-34,48H,15-18H2,1H3,(H,45,47). The number of hydrogen-bond donors (Lipinski definition) is 2. The summed E-state index contributed by atoms with van der Waals surface area (Å²) in [6.07, 6.45) is -1.83. The van der Waals surface area contributed by atoms with Crippen molar-refractivity contribution in [1.82, 2.24) is 14.8 Å². The third-order valence-electron chi connectivity index (χ3n) is 8.46. The number of thioether (sulfide) groups is 1. The Morgan fingerprint density at radius 1 is 1.02 bits per heavy atom. The van der Waals surface area contributed by atoms with Gasteiger partial charge in [0, 0.05) is 33.7 Å². The third-order valence-corrected chi connectivity index (χ3v) is 9.92. The molecule has 2 N–H and O–H groups in total. The number of anilines is 1. The quantitative estimate of drug-likeness (QED) is 0.120. The fraction of sp³-hybridized carbons (Fsp3) is 0.306. The van der Waals surface area contributed by atoms with Crippen molar-refractivity contribution in [3.63, 3.8) is 0 Å². The van der Waals surface area contributed by atoms with E-state index >= 15 is 0 Å². The van der Waals surface area contributed by atoms with Gasteiger partial charge in [0.05, 0.1) is 25.0 Å². The summed E-state index contributed by atoms with van der Waals surface area (Å²) >= 11 is 1.35. The Balaban J connectivity index is 1.05. The first kappa shape index (κ1) is 37.1. The molecule has 4 aromatic carbocycles. The van der Waals surface area contributed by atoms with Gasteiger partial charge in [-0.15, -0.1) is 11.8 Å². The van der Waals surface area contributed by atoms with Crippen LogP contribution in [0.5, 0.6) is 5.75 Å². The van der Waals surface area contributed by atoms with Gasteiger partial charge in [-0.2, -0.15) is 13.9 Å². The van der Waals surface area contributed by atoms with E-state index < -0.39 is 53.6 Å². The summed E-state index contributed by atoms with van der Waals surface area (Å²) in [7, 11) is 0. The van der Waals surface area contributed by atoms with Crippen LogP contribution in [-0.4, -0.2) is 68.4 Å². The lowest BCUT2D eigenvalue weighted by Gasteiger charge is -2.37. The number of nitrogens with one attached hydrogen (secondary N) is 1. The minimum atomic E-state index is -4.28. The van der Waals surface area contributed by atoms with Gasteiger partial charge in [-0.05, 0) is 59.3 Å². The number of hydrogen-bond acceptors (Lipinski definition) is 8. The van der Waals surface area contributed by atoms with Crippen molar-refractivity contribution in [2.75, 3.05) is 25.1 Å². The highest BCUT2D eigenvalue weighted by molar-refractivity contribution is 8.00. The average molecular weight is 747 g/mol. The zero-order valence-corrected chi connectivity index (χ0v) is 28.2. The second-order valence-corrected chi connectivity index (χ2v) is 13.8. The van der Waals surface area contributed by atoms with Crippen molar-refractivity contribution >= 4 is 34.1 Å². The molecule has 5 aromatic rings. The van der Waals surface area contributed by atoms with Crippen LogP contribution in [0, 0.1) is 11.6 Å². The minimum absolute atomic E-state index is 0.0558. The summed E-state index contributed by atoms with van der Waals surface area (Å²) in [6, 6.07) is 19.0. The van der Waals surface area contributed by atoms with Gasteiger partial charge >= 0.3 is 12.3 Å². The molecule has 0 bridgehead atoms. The molecule has 1 saturated heterocycles. The summed E-state index contributed by atoms with van der Waals surface area (Å²) in [5.74, 6) is -6.41. The Hall–Kier alpha value is -4.64. The lowest BCUT2D eigenvalue weighted by atomic mass is 9.90. The van der Waals surface area contributed by atoms with Crippen LogP contribution in [0.25, 0.3) is 10.8 Å². The number of carbonyl (C=O) groups excluding carboxylic acids is 1. The van der Waals surface area contributed by atoms with E-state index in [0.29, 0.717) is 11.3 Å². The van der Waals surface area contributed by atoms with E-state index in [2.05, 4.69) is 15.4 Å². The number of aromatic nitrogens is 3. The van der Waals surface area contributed by atoms with Gasteiger partial charge in [0.2, 0.25) is 0 Å². The van der Waals surface area contributed by atoms with E-state index in [1.54, 1.807) is 25.1 Å². The SMILES string of the molecule is CC(SC1COC(c2ccc3cc(C(=O)Nc4ccc(OCC(F)(F)C(F)F)cc4)ccc3c2)OC1)C(O)(Cn1cncn1)c1ccc(F)cc1F. The zero-order valence-electron chi connectivity index (χ0n) is 27.4. The predicted molar refractivity (Wildman–Crippen MR) is 181 cm³/mol. The Morgan fingerprint density at radius 2 is 1.73 bits per heavy atom. The maximum absolute atomic E-state index is 14.9. The molecule has 2 atom stereocenters. The third kappa shape index (κ3) is 8.52. The molecule has 1 aliphatic heterocycles. The molecule has 0 saturated carbocycles. The predicted octanol–water partition coefficient (Wildman–Crippen LogP) is 7.36. The number of nitrogens with zero attached hydrogens (tertiary/aromatic N) is 3. The molecule has 2 heterocycles. The summed E-state index contributed by atoms with van der Waals surface area (Å²) in [4.78, 5) is 16.8. The first-order valence-electron chi connectivity index (χ1n) is 15.9. The van der Waals surface area contributed by atoms with E-state index in [-0.39, 0.29) is 36.3 Å². The molecule has 1 fully saturated rings. The molecule has 1 aromatic heterocycles. The van der Waals surface area contributed by atoms with Crippen LogP contribution in [0.15, 0.2) is 91.5 Å². The normalized spacial score (nSPS) is 18.2. The average Bonchev–Trinajstić information content (AvgIpc) is 3.64. The zero-order chi connectivity index (χ0) is 37.0.